The van der Waals surface area contributed by atoms with Crippen LogP contribution >= 0.6 is 23.1 Å². The van der Waals surface area contributed by atoms with Crippen molar-refractivity contribution >= 4 is 39.9 Å². The zero-order chi connectivity index (χ0) is 18.0. The van der Waals surface area contributed by atoms with Crippen molar-refractivity contribution in [1.82, 2.24) is 4.90 Å². The van der Waals surface area contributed by atoms with Crippen LogP contribution in [0.1, 0.15) is 33.3 Å². The number of nitriles is 1. The summed E-state index contributed by atoms with van der Waals surface area (Å²) >= 11 is 2.96. The Hall–Kier alpha value is -2.30. The van der Waals surface area contributed by atoms with Crippen molar-refractivity contribution in [3.8, 4) is 6.07 Å². The molecule has 0 unspecified atom stereocenters. The van der Waals surface area contributed by atoms with E-state index in [-0.39, 0.29) is 11.8 Å². The Bertz CT molecular complexity index is 883. The van der Waals surface area contributed by atoms with Gasteiger partial charge in [0.15, 0.2) is 0 Å². The van der Waals surface area contributed by atoms with Gasteiger partial charge < -0.3 is 10.2 Å². The van der Waals surface area contributed by atoms with E-state index >= 15 is 0 Å². The smallest absolute Gasteiger partial charge is 0.256 e. The molecule has 5 nitrogen and oxygen atoms in total. The fourth-order valence-electron chi connectivity index (χ4n) is 2.82. The Morgan fingerprint density at radius 1 is 1.40 bits per heavy atom. The highest BCUT2D eigenvalue weighted by Crippen LogP contribution is 2.37. The molecule has 0 fully saturated rings. The van der Waals surface area contributed by atoms with Gasteiger partial charge in [-0.2, -0.15) is 5.26 Å². The number of hydrogen-bond donors (Lipinski definition) is 1. The third-order valence-electron chi connectivity index (χ3n) is 4.17. The maximum atomic E-state index is 12.5. The van der Waals surface area contributed by atoms with Crippen LogP contribution in [0.5, 0.6) is 0 Å². The quantitative estimate of drug-likeness (QED) is 0.838. The molecule has 0 saturated carbocycles. The molecule has 1 aliphatic rings. The Kier molecular flexibility index (Phi) is 5.11. The lowest BCUT2D eigenvalue weighted by molar-refractivity contribution is -0.129. The van der Waals surface area contributed by atoms with Crippen molar-refractivity contribution in [2.45, 2.75) is 24.8 Å². The predicted molar refractivity (Wildman–Crippen MR) is 100 cm³/mol. The number of nitrogens with one attached hydrogen (secondary N) is 1. The van der Waals surface area contributed by atoms with Crippen molar-refractivity contribution < 1.29 is 9.59 Å². The van der Waals surface area contributed by atoms with Crippen molar-refractivity contribution in [3.05, 3.63) is 45.8 Å². The van der Waals surface area contributed by atoms with Crippen LogP contribution < -0.4 is 5.32 Å². The SMILES string of the molecule is CSc1cccc(C(=O)Nc2sc3c(c2C#N)CCN(C(C)=O)C3)c1. The minimum Gasteiger partial charge on any atom is -0.337 e. The minimum absolute atomic E-state index is 0.0250. The van der Waals surface area contributed by atoms with Gasteiger partial charge in [-0.1, -0.05) is 6.07 Å². The molecule has 25 heavy (non-hydrogen) atoms. The molecule has 1 aliphatic heterocycles. The lowest BCUT2D eigenvalue weighted by atomic mass is 10.0. The fraction of sp³-hybridized carbons (Fsp3) is 0.278. The summed E-state index contributed by atoms with van der Waals surface area (Å²) in [5.41, 5.74) is 2.04. The van der Waals surface area contributed by atoms with Gasteiger partial charge in [-0.25, -0.2) is 0 Å². The van der Waals surface area contributed by atoms with Crippen molar-refractivity contribution in [2.75, 3.05) is 18.1 Å². The number of anilines is 1. The van der Waals surface area contributed by atoms with Crippen LogP contribution in [0.25, 0.3) is 0 Å². The minimum atomic E-state index is -0.227. The highest BCUT2D eigenvalue weighted by atomic mass is 32.2. The van der Waals surface area contributed by atoms with Crippen LogP contribution in [0.2, 0.25) is 0 Å². The number of rotatable bonds is 3. The monoisotopic (exact) mass is 371 g/mol. The normalized spacial score (nSPS) is 13.1. The number of carbonyl (C=O) groups is 2. The third-order valence-corrected chi connectivity index (χ3v) is 6.03. The first-order chi connectivity index (χ1) is 12.0. The number of thiophene rings is 1. The van der Waals surface area contributed by atoms with E-state index < -0.39 is 0 Å². The number of thioether (sulfide) groups is 1. The molecule has 2 aromatic rings. The van der Waals surface area contributed by atoms with Crippen LogP contribution in [0.3, 0.4) is 0 Å². The summed E-state index contributed by atoms with van der Waals surface area (Å²) in [7, 11) is 0. The van der Waals surface area contributed by atoms with Crippen molar-refractivity contribution in [2.24, 2.45) is 0 Å². The molecule has 2 amide bonds. The second kappa shape index (κ2) is 7.30. The second-order valence-corrected chi connectivity index (χ2v) is 7.68. The van der Waals surface area contributed by atoms with Gasteiger partial charge in [0.2, 0.25) is 5.91 Å². The number of carbonyl (C=O) groups excluding carboxylic acids is 2. The Labute approximate surface area is 154 Å². The van der Waals surface area contributed by atoms with Gasteiger partial charge in [-0.3, -0.25) is 9.59 Å². The van der Waals surface area contributed by atoms with E-state index in [4.69, 9.17) is 0 Å². The van der Waals surface area contributed by atoms with E-state index in [1.54, 1.807) is 29.7 Å². The van der Waals surface area contributed by atoms with Crippen LogP contribution in [0, 0.1) is 11.3 Å². The molecule has 3 rings (SSSR count). The highest BCUT2D eigenvalue weighted by molar-refractivity contribution is 7.98. The fourth-order valence-corrected chi connectivity index (χ4v) is 4.49. The van der Waals surface area contributed by atoms with E-state index in [9.17, 15) is 14.9 Å². The first-order valence-electron chi connectivity index (χ1n) is 7.79. The molecular formula is C18H17N3O2S2. The molecular weight excluding hydrogens is 354 g/mol. The van der Waals surface area contributed by atoms with Crippen molar-refractivity contribution in [1.29, 1.82) is 5.26 Å². The highest BCUT2D eigenvalue weighted by Gasteiger charge is 2.26. The first-order valence-corrected chi connectivity index (χ1v) is 9.83. The predicted octanol–water partition coefficient (Wildman–Crippen LogP) is 3.50. The Balaban J connectivity index is 1.87. The van der Waals surface area contributed by atoms with Gasteiger partial charge in [-0.05, 0) is 36.4 Å². The molecule has 2 heterocycles. The average Bonchev–Trinajstić information content (AvgIpc) is 2.97. The molecule has 0 aliphatic carbocycles. The summed E-state index contributed by atoms with van der Waals surface area (Å²) in [6, 6.07) is 9.59. The zero-order valence-corrected chi connectivity index (χ0v) is 15.6. The standard InChI is InChI=1S/C18H17N3O2S2/c1-11(22)21-7-6-14-15(9-19)18(25-16(14)10-21)20-17(23)12-4-3-5-13(8-12)24-2/h3-5,8H,6-7,10H2,1-2H3,(H,20,23). The van der Waals surface area contributed by atoms with Gasteiger partial charge in [0.1, 0.15) is 11.1 Å². The lowest BCUT2D eigenvalue weighted by Crippen LogP contribution is -2.33. The summed E-state index contributed by atoms with van der Waals surface area (Å²) in [5.74, 6) is -0.202. The molecule has 128 valence electrons. The molecule has 1 N–H and O–H groups in total. The molecule has 0 saturated heterocycles. The maximum absolute atomic E-state index is 12.5. The van der Waals surface area contributed by atoms with Crippen LogP contribution in [0.15, 0.2) is 29.2 Å². The number of fused-ring (bicyclic) bond motifs is 1. The Morgan fingerprint density at radius 2 is 2.20 bits per heavy atom. The summed E-state index contributed by atoms with van der Waals surface area (Å²) in [6.07, 6.45) is 2.60. The summed E-state index contributed by atoms with van der Waals surface area (Å²) < 4.78 is 0. The summed E-state index contributed by atoms with van der Waals surface area (Å²) in [4.78, 5) is 27.9. The van der Waals surface area contributed by atoms with Crippen LogP contribution in [-0.4, -0.2) is 29.5 Å². The number of amides is 2. The molecule has 0 bridgehead atoms. The zero-order valence-electron chi connectivity index (χ0n) is 14.0. The van der Waals surface area contributed by atoms with Gasteiger partial charge in [-0.15, -0.1) is 23.1 Å². The number of benzene rings is 1. The molecule has 0 atom stereocenters. The largest absolute Gasteiger partial charge is 0.337 e. The van der Waals surface area contributed by atoms with Gasteiger partial charge >= 0.3 is 0 Å². The second-order valence-electron chi connectivity index (χ2n) is 5.70. The van der Waals surface area contributed by atoms with Gasteiger partial charge in [0, 0.05) is 28.8 Å². The van der Waals surface area contributed by atoms with E-state index in [0.717, 1.165) is 15.3 Å². The average molecular weight is 371 g/mol. The third kappa shape index (κ3) is 3.55. The van der Waals surface area contributed by atoms with Crippen LogP contribution in [0.4, 0.5) is 5.00 Å². The van der Waals surface area contributed by atoms with Gasteiger partial charge in [0.25, 0.3) is 5.91 Å². The lowest BCUT2D eigenvalue weighted by Gasteiger charge is -2.25. The number of nitrogens with zero attached hydrogens (tertiary/aromatic N) is 2. The van der Waals surface area contributed by atoms with E-state index in [0.29, 0.717) is 35.6 Å². The number of hydrogen-bond acceptors (Lipinski definition) is 5. The van der Waals surface area contributed by atoms with Crippen molar-refractivity contribution in [3.63, 3.8) is 0 Å². The topological polar surface area (TPSA) is 73.2 Å². The Morgan fingerprint density at radius 3 is 2.88 bits per heavy atom. The molecule has 0 spiro atoms. The van der Waals surface area contributed by atoms with E-state index in [1.165, 1.54) is 11.3 Å². The molecule has 0 radical (unpaired) electrons. The first kappa shape index (κ1) is 17.5. The maximum Gasteiger partial charge on any atom is 0.256 e. The van der Waals surface area contributed by atoms with E-state index in [2.05, 4.69) is 11.4 Å². The molecule has 1 aromatic heterocycles. The molecule has 1 aromatic carbocycles. The molecule has 7 heteroatoms. The summed E-state index contributed by atoms with van der Waals surface area (Å²) in [5, 5.41) is 13.0. The van der Waals surface area contributed by atoms with E-state index in [1.807, 2.05) is 24.5 Å². The summed E-state index contributed by atoms with van der Waals surface area (Å²) in [6.45, 7) is 2.66. The van der Waals surface area contributed by atoms with Gasteiger partial charge in [0.05, 0.1) is 12.1 Å². The van der Waals surface area contributed by atoms with Crippen LogP contribution in [-0.2, 0) is 17.8 Å².